The highest BCUT2D eigenvalue weighted by molar-refractivity contribution is 6.03. The van der Waals surface area contributed by atoms with E-state index in [1.54, 1.807) is 12.5 Å². The van der Waals surface area contributed by atoms with Gasteiger partial charge in [0.25, 0.3) is 5.91 Å². The van der Waals surface area contributed by atoms with Crippen LogP contribution in [-0.4, -0.2) is 59.1 Å². The lowest BCUT2D eigenvalue weighted by molar-refractivity contribution is 0.102. The van der Waals surface area contributed by atoms with E-state index in [1.807, 2.05) is 24.3 Å². The summed E-state index contributed by atoms with van der Waals surface area (Å²) in [4.78, 5) is 17.4. The zero-order valence-electron chi connectivity index (χ0n) is 16.0. The minimum absolute atomic E-state index is 0.203. The molecule has 146 valence electrons. The van der Waals surface area contributed by atoms with Gasteiger partial charge in [-0.3, -0.25) is 14.8 Å². The Bertz CT molecular complexity index is 893. The van der Waals surface area contributed by atoms with Crippen molar-refractivity contribution in [3.05, 3.63) is 71.4 Å². The molecule has 7 nitrogen and oxygen atoms in total. The highest BCUT2D eigenvalue weighted by Crippen LogP contribution is 2.16. The van der Waals surface area contributed by atoms with E-state index in [4.69, 9.17) is 4.42 Å². The molecule has 4 rings (SSSR count). The van der Waals surface area contributed by atoms with Gasteiger partial charge in [-0.2, -0.15) is 5.10 Å². The number of aromatic amines is 1. The van der Waals surface area contributed by atoms with Gasteiger partial charge in [0.1, 0.15) is 11.5 Å². The average molecular weight is 379 g/mol. The van der Waals surface area contributed by atoms with Crippen LogP contribution in [0.3, 0.4) is 0 Å². The van der Waals surface area contributed by atoms with Crippen LogP contribution < -0.4 is 5.32 Å². The fourth-order valence-corrected chi connectivity index (χ4v) is 3.39. The maximum atomic E-state index is 12.6. The molecule has 1 saturated heterocycles. The molecule has 3 aromatic rings. The van der Waals surface area contributed by atoms with Gasteiger partial charge in [-0.15, -0.1) is 0 Å². The Kier molecular flexibility index (Phi) is 5.55. The summed E-state index contributed by atoms with van der Waals surface area (Å²) in [7, 11) is 2.16. The number of benzene rings is 1. The van der Waals surface area contributed by atoms with E-state index in [-0.39, 0.29) is 5.91 Å². The lowest BCUT2D eigenvalue weighted by Gasteiger charge is -2.32. The summed E-state index contributed by atoms with van der Waals surface area (Å²) in [5.74, 6) is 0.592. The number of furan rings is 1. The Morgan fingerprint density at radius 1 is 1.18 bits per heavy atom. The molecular formula is C21H25N5O2. The van der Waals surface area contributed by atoms with Crippen molar-refractivity contribution in [2.75, 3.05) is 38.5 Å². The second kappa shape index (κ2) is 8.41. The summed E-state index contributed by atoms with van der Waals surface area (Å²) in [5, 5.41) is 9.75. The Hall–Kier alpha value is -2.90. The van der Waals surface area contributed by atoms with Gasteiger partial charge in [0, 0.05) is 50.4 Å². The molecule has 0 saturated carbocycles. The first kappa shape index (κ1) is 18.5. The first-order valence-electron chi connectivity index (χ1n) is 9.53. The topological polar surface area (TPSA) is 77.4 Å². The number of aromatic nitrogens is 2. The van der Waals surface area contributed by atoms with Gasteiger partial charge in [0.05, 0.1) is 12.5 Å². The maximum absolute atomic E-state index is 12.6. The molecule has 1 aromatic carbocycles. The highest BCUT2D eigenvalue weighted by Gasteiger charge is 2.16. The number of piperazine rings is 1. The molecule has 28 heavy (non-hydrogen) atoms. The monoisotopic (exact) mass is 379 g/mol. The number of H-pyrrole nitrogens is 1. The van der Waals surface area contributed by atoms with Crippen molar-refractivity contribution in [1.82, 2.24) is 20.0 Å². The highest BCUT2D eigenvalue weighted by atomic mass is 16.3. The summed E-state index contributed by atoms with van der Waals surface area (Å²) in [6, 6.07) is 11.8. The quantitative estimate of drug-likeness (QED) is 0.688. The van der Waals surface area contributed by atoms with E-state index in [0.29, 0.717) is 12.1 Å². The van der Waals surface area contributed by atoms with Crippen LogP contribution in [0.2, 0.25) is 0 Å². The van der Waals surface area contributed by atoms with Crippen molar-refractivity contribution >= 4 is 11.6 Å². The van der Waals surface area contributed by atoms with Gasteiger partial charge < -0.3 is 14.6 Å². The van der Waals surface area contributed by atoms with Crippen LogP contribution in [0.25, 0.3) is 0 Å². The second-order valence-corrected chi connectivity index (χ2v) is 7.26. The molecule has 1 aliphatic rings. The van der Waals surface area contributed by atoms with Gasteiger partial charge >= 0.3 is 0 Å². The number of rotatable bonds is 6. The Morgan fingerprint density at radius 3 is 2.68 bits per heavy atom. The van der Waals surface area contributed by atoms with Gasteiger partial charge in [0.15, 0.2) is 0 Å². The predicted octanol–water partition coefficient (Wildman–Crippen LogP) is 2.59. The Morgan fingerprint density at radius 2 is 1.96 bits per heavy atom. The van der Waals surface area contributed by atoms with E-state index in [9.17, 15) is 4.79 Å². The molecule has 2 N–H and O–H groups in total. The van der Waals surface area contributed by atoms with Gasteiger partial charge in [-0.05, 0) is 36.9 Å². The smallest absolute Gasteiger partial charge is 0.273 e. The first-order valence-corrected chi connectivity index (χ1v) is 9.53. The van der Waals surface area contributed by atoms with Crippen LogP contribution in [0.5, 0.6) is 0 Å². The van der Waals surface area contributed by atoms with Gasteiger partial charge in [0.2, 0.25) is 0 Å². The van der Waals surface area contributed by atoms with Crippen LogP contribution in [0.1, 0.15) is 27.4 Å². The molecule has 1 amide bonds. The zero-order chi connectivity index (χ0) is 19.3. The zero-order valence-corrected chi connectivity index (χ0v) is 16.0. The molecule has 2 aromatic heterocycles. The molecular weight excluding hydrogens is 354 g/mol. The molecule has 7 heteroatoms. The Labute approximate surface area is 164 Å². The number of anilines is 1. The lowest BCUT2D eigenvalue weighted by atomic mass is 10.1. The van der Waals surface area contributed by atoms with Crippen molar-refractivity contribution in [3.8, 4) is 0 Å². The summed E-state index contributed by atoms with van der Waals surface area (Å²) < 4.78 is 5.36. The number of carbonyl (C=O) groups excluding carboxylic acids is 1. The fourth-order valence-electron chi connectivity index (χ4n) is 3.39. The predicted molar refractivity (Wildman–Crippen MR) is 107 cm³/mol. The summed E-state index contributed by atoms with van der Waals surface area (Å²) in [6.07, 6.45) is 3.81. The standard InChI is InChI=1S/C21H25N5O2/c1-25-8-10-26(11-9-25)15-16-4-6-18(7-5-16)23-21(27)20-17(14-22-24-20)13-19-3-2-12-28-19/h2-7,12,14H,8-11,13,15H2,1H3,(H,22,24)(H,23,27). The van der Waals surface area contributed by atoms with Gasteiger partial charge in [-0.25, -0.2) is 0 Å². The minimum Gasteiger partial charge on any atom is -0.469 e. The summed E-state index contributed by atoms with van der Waals surface area (Å²) in [6.45, 7) is 5.34. The lowest BCUT2D eigenvalue weighted by Crippen LogP contribution is -2.43. The third-order valence-electron chi connectivity index (χ3n) is 5.10. The maximum Gasteiger partial charge on any atom is 0.273 e. The molecule has 1 fully saturated rings. The van der Waals surface area contributed by atoms with E-state index in [0.717, 1.165) is 49.7 Å². The van der Waals surface area contributed by atoms with Crippen LogP contribution >= 0.6 is 0 Å². The second-order valence-electron chi connectivity index (χ2n) is 7.26. The van der Waals surface area contributed by atoms with Gasteiger partial charge in [-0.1, -0.05) is 12.1 Å². The first-order chi connectivity index (χ1) is 13.7. The average Bonchev–Trinajstić information content (AvgIpc) is 3.38. The third-order valence-corrected chi connectivity index (χ3v) is 5.10. The van der Waals surface area contributed by atoms with Crippen molar-refractivity contribution < 1.29 is 9.21 Å². The van der Waals surface area contributed by atoms with E-state index >= 15 is 0 Å². The minimum atomic E-state index is -0.203. The Balaban J connectivity index is 1.35. The molecule has 0 unspecified atom stereocenters. The molecule has 3 heterocycles. The number of nitrogens with zero attached hydrogens (tertiary/aromatic N) is 3. The molecule has 0 radical (unpaired) electrons. The molecule has 0 atom stereocenters. The SMILES string of the molecule is CN1CCN(Cc2ccc(NC(=O)c3[nH]ncc3Cc3ccco3)cc2)CC1. The number of hydrogen-bond donors (Lipinski definition) is 2. The number of nitrogens with one attached hydrogen (secondary N) is 2. The summed E-state index contributed by atoms with van der Waals surface area (Å²) in [5.41, 5.74) is 3.28. The van der Waals surface area contributed by atoms with Crippen LogP contribution in [-0.2, 0) is 13.0 Å². The molecule has 0 spiro atoms. The van der Waals surface area contributed by atoms with Crippen molar-refractivity contribution in [2.45, 2.75) is 13.0 Å². The molecule has 0 aliphatic carbocycles. The third kappa shape index (κ3) is 4.49. The number of amides is 1. The molecule has 1 aliphatic heterocycles. The van der Waals surface area contributed by atoms with Crippen LogP contribution in [0.15, 0.2) is 53.3 Å². The van der Waals surface area contributed by atoms with E-state index in [1.165, 1.54) is 5.56 Å². The van der Waals surface area contributed by atoms with Crippen LogP contribution in [0, 0.1) is 0 Å². The normalized spacial score (nSPS) is 15.6. The molecule has 0 bridgehead atoms. The number of likely N-dealkylation sites (N-methyl/N-ethyl adjacent to an activating group) is 1. The van der Waals surface area contributed by atoms with Crippen LogP contribution in [0.4, 0.5) is 5.69 Å². The number of hydrogen-bond acceptors (Lipinski definition) is 5. The summed E-state index contributed by atoms with van der Waals surface area (Å²) >= 11 is 0. The van der Waals surface area contributed by atoms with Crippen molar-refractivity contribution in [1.29, 1.82) is 0 Å². The van der Waals surface area contributed by atoms with E-state index < -0.39 is 0 Å². The number of carbonyl (C=O) groups is 1. The van der Waals surface area contributed by atoms with Crippen molar-refractivity contribution in [2.24, 2.45) is 0 Å². The van der Waals surface area contributed by atoms with E-state index in [2.05, 4.69) is 44.5 Å². The fraction of sp³-hybridized carbons (Fsp3) is 0.333. The largest absolute Gasteiger partial charge is 0.469 e. The van der Waals surface area contributed by atoms with Crippen molar-refractivity contribution in [3.63, 3.8) is 0 Å².